The summed E-state index contributed by atoms with van der Waals surface area (Å²) in [7, 11) is 0. The van der Waals surface area contributed by atoms with E-state index in [4.69, 9.17) is 10.7 Å². The van der Waals surface area contributed by atoms with E-state index in [1.54, 1.807) is 36.0 Å². The zero-order valence-corrected chi connectivity index (χ0v) is 20.9. The molecule has 6 heteroatoms. The first kappa shape index (κ1) is 23.8. The summed E-state index contributed by atoms with van der Waals surface area (Å²) in [6, 6.07) is 26.3. The Morgan fingerprint density at radius 3 is 2.44 bits per heavy atom. The number of primary amides is 1. The van der Waals surface area contributed by atoms with Crippen LogP contribution < -0.4 is 11.1 Å². The van der Waals surface area contributed by atoms with Crippen LogP contribution in [0.2, 0.25) is 0 Å². The van der Waals surface area contributed by atoms with Crippen molar-refractivity contribution in [3.05, 3.63) is 119 Å². The fourth-order valence-corrected chi connectivity index (χ4v) is 5.41. The molecule has 0 fully saturated rings. The van der Waals surface area contributed by atoms with E-state index < -0.39 is 5.91 Å². The van der Waals surface area contributed by atoms with Gasteiger partial charge in [0.05, 0.1) is 11.4 Å². The molecule has 36 heavy (non-hydrogen) atoms. The molecule has 1 heterocycles. The van der Waals surface area contributed by atoms with Crippen LogP contribution in [0.25, 0.3) is 0 Å². The van der Waals surface area contributed by atoms with E-state index in [2.05, 4.69) is 55.6 Å². The van der Waals surface area contributed by atoms with Gasteiger partial charge in [-0.15, -0.1) is 0 Å². The molecule has 0 bridgehead atoms. The van der Waals surface area contributed by atoms with Crippen molar-refractivity contribution < 1.29 is 9.18 Å². The van der Waals surface area contributed by atoms with Gasteiger partial charge in [0, 0.05) is 38.2 Å². The summed E-state index contributed by atoms with van der Waals surface area (Å²) < 4.78 is 13.8. The van der Waals surface area contributed by atoms with E-state index in [1.807, 2.05) is 12.1 Å². The number of nitrogens with two attached hydrogens (primary N) is 1. The van der Waals surface area contributed by atoms with Gasteiger partial charge in [0.25, 0.3) is 0 Å². The van der Waals surface area contributed by atoms with Gasteiger partial charge < -0.3 is 11.1 Å². The van der Waals surface area contributed by atoms with Crippen molar-refractivity contribution in [2.45, 2.75) is 36.1 Å². The number of amides is 1. The van der Waals surface area contributed by atoms with Crippen LogP contribution in [0, 0.1) is 5.82 Å². The fraction of sp³-hybridized carbons (Fsp3) is 0.133. The molecule has 5 rings (SSSR count). The van der Waals surface area contributed by atoms with E-state index in [0.29, 0.717) is 11.3 Å². The van der Waals surface area contributed by atoms with Gasteiger partial charge in [-0.2, -0.15) is 0 Å². The zero-order valence-electron chi connectivity index (χ0n) is 20.1. The third kappa shape index (κ3) is 4.77. The predicted octanol–water partition coefficient (Wildman–Crippen LogP) is 7.29. The Morgan fingerprint density at radius 2 is 1.75 bits per heavy atom. The van der Waals surface area contributed by atoms with E-state index in [-0.39, 0.29) is 11.9 Å². The second kappa shape index (κ2) is 9.99. The number of nitrogens with one attached hydrogen (secondary N) is 1. The van der Waals surface area contributed by atoms with Gasteiger partial charge >= 0.3 is 0 Å². The van der Waals surface area contributed by atoms with Gasteiger partial charge in [0.15, 0.2) is 0 Å². The van der Waals surface area contributed by atoms with Crippen molar-refractivity contribution in [3.8, 4) is 0 Å². The molecule has 0 aliphatic carbocycles. The van der Waals surface area contributed by atoms with Crippen LogP contribution in [-0.4, -0.2) is 11.6 Å². The number of nitrogens with zero attached hydrogens (tertiary/aromatic N) is 1. The average molecular weight is 496 g/mol. The van der Waals surface area contributed by atoms with Crippen LogP contribution in [-0.2, 0) is 6.42 Å². The van der Waals surface area contributed by atoms with Crippen molar-refractivity contribution in [2.75, 3.05) is 5.32 Å². The number of carbonyl (C=O) groups is 1. The molecule has 180 valence electrons. The van der Waals surface area contributed by atoms with Crippen LogP contribution >= 0.6 is 11.8 Å². The standard InChI is InChI=1S/C30H26FN3OS/c1-3-19-7-14-23(15-8-19)33-18(2)24-5-4-6-27-28(24)29(20-9-12-22(31)13-10-20)34-25-17-21(30(32)35)11-16-26(25)36-27/h4-18,33H,3H2,1-2H3,(H2,32,35). The van der Waals surface area contributed by atoms with Crippen LogP contribution in [0.3, 0.4) is 0 Å². The first-order valence-corrected chi connectivity index (χ1v) is 12.7. The summed E-state index contributed by atoms with van der Waals surface area (Å²) in [5, 5.41) is 3.62. The largest absolute Gasteiger partial charge is 0.378 e. The molecule has 1 unspecified atom stereocenters. The number of anilines is 1. The molecule has 1 aliphatic heterocycles. The number of carbonyl (C=O) groups excluding carboxylic acids is 1. The predicted molar refractivity (Wildman–Crippen MR) is 145 cm³/mol. The summed E-state index contributed by atoms with van der Waals surface area (Å²) >= 11 is 1.60. The summed E-state index contributed by atoms with van der Waals surface area (Å²) in [5.41, 5.74) is 12.5. The molecule has 1 aliphatic rings. The number of fused-ring (bicyclic) bond motifs is 2. The highest BCUT2D eigenvalue weighted by molar-refractivity contribution is 7.99. The number of hydrogen-bond acceptors (Lipinski definition) is 4. The third-order valence-electron chi connectivity index (χ3n) is 6.32. The van der Waals surface area contributed by atoms with E-state index in [9.17, 15) is 9.18 Å². The van der Waals surface area contributed by atoms with Gasteiger partial charge in [-0.3, -0.25) is 4.79 Å². The molecule has 0 saturated heterocycles. The van der Waals surface area contributed by atoms with Gasteiger partial charge in [-0.05, 0) is 85.1 Å². The Hall–Kier alpha value is -3.90. The maximum Gasteiger partial charge on any atom is 0.248 e. The van der Waals surface area contributed by atoms with Crippen LogP contribution in [0.5, 0.6) is 0 Å². The normalized spacial score (nSPS) is 13.1. The molecule has 4 aromatic carbocycles. The monoisotopic (exact) mass is 495 g/mol. The van der Waals surface area contributed by atoms with Crippen molar-refractivity contribution in [1.29, 1.82) is 0 Å². The number of halogens is 1. The Labute approximate surface area is 214 Å². The lowest BCUT2D eigenvalue weighted by molar-refractivity contribution is 0.1000. The maximum absolute atomic E-state index is 13.8. The molecule has 0 radical (unpaired) electrons. The molecule has 1 atom stereocenters. The minimum absolute atomic E-state index is 0.0268. The fourth-order valence-electron chi connectivity index (χ4n) is 4.37. The van der Waals surface area contributed by atoms with Crippen molar-refractivity contribution in [2.24, 2.45) is 10.7 Å². The first-order valence-electron chi connectivity index (χ1n) is 11.9. The van der Waals surface area contributed by atoms with E-state index in [0.717, 1.165) is 44.3 Å². The Kier molecular flexibility index (Phi) is 6.61. The molecule has 0 aromatic heterocycles. The van der Waals surface area contributed by atoms with Crippen molar-refractivity contribution in [3.63, 3.8) is 0 Å². The van der Waals surface area contributed by atoms with Crippen LogP contribution in [0.1, 0.15) is 52.5 Å². The second-order valence-electron chi connectivity index (χ2n) is 8.75. The molecular weight excluding hydrogens is 469 g/mol. The number of rotatable bonds is 6. The highest BCUT2D eigenvalue weighted by Crippen LogP contribution is 2.43. The van der Waals surface area contributed by atoms with Gasteiger partial charge in [-0.25, -0.2) is 9.38 Å². The van der Waals surface area contributed by atoms with Crippen LogP contribution in [0.15, 0.2) is 99.7 Å². The number of aryl methyl sites for hydroxylation is 1. The highest BCUT2D eigenvalue weighted by atomic mass is 32.2. The number of hydrogen-bond donors (Lipinski definition) is 2. The molecule has 4 aromatic rings. The molecule has 0 spiro atoms. The minimum atomic E-state index is -0.504. The second-order valence-corrected chi connectivity index (χ2v) is 9.84. The Balaban J connectivity index is 1.65. The molecular formula is C30H26FN3OS. The molecule has 0 saturated carbocycles. The van der Waals surface area contributed by atoms with Gasteiger partial charge in [0.1, 0.15) is 5.82 Å². The Bertz CT molecular complexity index is 1460. The lowest BCUT2D eigenvalue weighted by Crippen LogP contribution is -2.14. The van der Waals surface area contributed by atoms with Gasteiger partial charge in [0.2, 0.25) is 5.91 Å². The smallest absolute Gasteiger partial charge is 0.248 e. The number of aliphatic imine (C=N–C) groups is 1. The van der Waals surface area contributed by atoms with Gasteiger partial charge in [-0.1, -0.05) is 43.0 Å². The van der Waals surface area contributed by atoms with E-state index >= 15 is 0 Å². The summed E-state index contributed by atoms with van der Waals surface area (Å²) in [6.07, 6.45) is 0.995. The SMILES string of the molecule is CCc1ccc(NC(C)c2cccc3c2C(c2ccc(F)cc2)=Nc2cc(C(N)=O)ccc2S3)cc1. The Morgan fingerprint density at radius 1 is 1.00 bits per heavy atom. The first-order chi connectivity index (χ1) is 17.4. The highest BCUT2D eigenvalue weighted by Gasteiger charge is 2.24. The quantitative estimate of drug-likeness (QED) is 0.260. The number of benzene rings is 4. The average Bonchev–Trinajstić information content (AvgIpc) is 3.05. The minimum Gasteiger partial charge on any atom is -0.378 e. The third-order valence-corrected chi connectivity index (χ3v) is 7.45. The molecule has 3 N–H and O–H groups in total. The van der Waals surface area contributed by atoms with E-state index in [1.165, 1.54) is 17.7 Å². The lowest BCUT2D eigenvalue weighted by Gasteiger charge is -2.22. The lowest BCUT2D eigenvalue weighted by atomic mass is 9.93. The van der Waals surface area contributed by atoms with Crippen molar-refractivity contribution >= 4 is 34.8 Å². The van der Waals surface area contributed by atoms with Crippen LogP contribution in [0.4, 0.5) is 15.8 Å². The van der Waals surface area contributed by atoms with Crippen molar-refractivity contribution in [1.82, 2.24) is 0 Å². The summed E-state index contributed by atoms with van der Waals surface area (Å²) in [6.45, 7) is 4.27. The summed E-state index contributed by atoms with van der Waals surface area (Å²) in [5.74, 6) is -0.812. The topological polar surface area (TPSA) is 67.5 Å². The zero-order chi connectivity index (χ0) is 25.2. The molecule has 1 amide bonds. The summed E-state index contributed by atoms with van der Waals surface area (Å²) in [4.78, 5) is 18.8. The molecule has 4 nitrogen and oxygen atoms in total. The maximum atomic E-state index is 13.8.